The van der Waals surface area contributed by atoms with Gasteiger partial charge in [0.2, 0.25) is 5.82 Å². The topological polar surface area (TPSA) is 65.2 Å². The van der Waals surface area contributed by atoms with Crippen molar-refractivity contribution < 1.29 is 14.1 Å². The lowest BCUT2D eigenvalue weighted by atomic mass is 10.2. The maximum Gasteiger partial charge on any atom is 0.331 e. The first-order valence-corrected chi connectivity index (χ1v) is 9.25. The molecule has 0 amide bonds. The van der Waals surface area contributed by atoms with Crippen LogP contribution in [0.4, 0.5) is 0 Å². The van der Waals surface area contributed by atoms with E-state index in [2.05, 4.69) is 10.1 Å². The Morgan fingerprint density at radius 1 is 1.33 bits per heavy atom. The van der Waals surface area contributed by atoms with Crippen LogP contribution in [0, 0.1) is 0 Å². The molecule has 0 radical (unpaired) electrons. The van der Waals surface area contributed by atoms with Gasteiger partial charge in [-0.25, -0.2) is 4.79 Å². The fourth-order valence-electron chi connectivity index (χ4n) is 1.88. The molecule has 0 spiro atoms. The largest absolute Gasteiger partial charge is 0.452 e. The third-order valence-electron chi connectivity index (χ3n) is 3.11. The van der Waals surface area contributed by atoms with Gasteiger partial charge in [0.25, 0.3) is 5.89 Å². The molecule has 0 bridgehead atoms. The molecule has 122 valence electrons. The first kappa shape index (κ1) is 16.5. The molecule has 0 N–H and O–H groups in total. The van der Waals surface area contributed by atoms with Crippen molar-refractivity contribution in [3.05, 3.63) is 58.6 Å². The van der Waals surface area contributed by atoms with Crippen molar-refractivity contribution in [1.82, 2.24) is 10.1 Å². The lowest BCUT2D eigenvalue weighted by Crippen LogP contribution is -2.00. The number of nitrogens with zero attached hydrogens (tertiary/aromatic N) is 2. The van der Waals surface area contributed by atoms with E-state index in [1.807, 2.05) is 47.3 Å². The minimum absolute atomic E-state index is 0.0499. The van der Waals surface area contributed by atoms with Crippen LogP contribution in [-0.2, 0) is 16.1 Å². The Labute approximate surface area is 147 Å². The van der Waals surface area contributed by atoms with Crippen molar-refractivity contribution in [2.24, 2.45) is 0 Å². The van der Waals surface area contributed by atoms with Crippen molar-refractivity contribution in [3.63, 3.8) is 0 Å². The lowest BCUT2D eigenvalue weighted by Gasteiger charge is -1.98. The van der Waals surface area contributed by atoms with Crippen LogP contribution in [0.3, 0.4) is 0 Å². The highest BCUT2D eigenvalue weighted by Gasteiger charge is 2.10. The van der Waals surface area contributed by atoms with Crippen LogP contribution in [0.5, 0.6) is 0 Å². The maximum absolute atomic E-state index is 11.7. The molecule has 0 aliphatic carbocycles. The van der Waals surface area contributed by atoms with Crippen LogP contribution in [-0.4, -0.2) is 22.4 Å². The zero-order valence-corrected chi connectivity index (χ0v) is 14.5. The Bertz CT molecular complexity index is 824. The van der Waals surface area contributed by atoms with Crippen LogP contribution in [0.2, 0.25) is 0 Å². The third-order valence-corrected chi connectivity index (χ3v) is 4.54. The van der Waals surface area contributed by atoms with E-state index in [1.54, 1.807) is 29.2 Å². The number of esters is 1. The Hall–Kier alpha value is -2.38. The predicted octanol–water partition coefficient (Wildman–Crippen LogP) is 4.28. The van der Waals surface area contributed by atoms with E-state index in [4.69, 9.17) is 9.26 Å². The number of carbonyl (C=O) groups is 1. The minimum atomic E-state index is -0.459. The van der Waals surface area contributed by atoms with Crippen LogP contribution in [0.1, 0.15) is 11.5 Å². The van der Waals surface area contributed by atoms with E-state index in [9.17, 15) is 4.79 Å². The number of thioether (sulfide) groups is 1. The Balaban J connectivity index is 1.52. The number of thiophene rings is 1. The second-order valence-electron chi connectivity index (χ2n) is 4.74. The van der Waals surface area contributed by atoms with E-state index in [1.165, 1.54) is 11.0 Å². The van der Waals surface area contributed by atoms with Gasteiger partial charge in [0.1, 0.15) is 0 Å². The quantitative estimate of drug-likeness (QED) is 0.372. The van der Waals surface area contributed by atoms with Crippen LogP contribution >= 0.6 is 23.1 Å². The SMILES string of the molecule is CSc1ccc(/C=C/C(=O)OCc2nc(-c3ccsc3)no2)cc1. The maximum atomic E-state index is 11.7. The zero-order valence-electron chi connectivity index (χ0n) is 12.8. The Morgan fingerprint density at radius 3 is 2.88 bits per heavy atom. The second kappa shape index (κ2) is 7.94. The van der Waals surface area contributed by atoms with Gasteiger partial charge < -0.3 is 9.26 Å². The molecule has 3 rings (SSSR count). The van der Waals surface area contributed by atoms with E-state index in [0.29, 0.717) is 5.82 Å². The number of hydrogen-bond donors (Lipinski definition) is 0. The molecule has 0 aliphatic rings. The van der Waals surface area contributed by atoms with Crippen molar-refractivity contribution >= 4 is 35.1 Å². The molecule has 0 fully saturated rings. The first-order valence-electron chi connectivity index (χ1n) is 7.08. The molecule has 0 saturated carbocycles. The smallest absolute Gasteiger partial charge is 0.331 e. The third kappa shape index (κ3) is 4.33. The molecule has 7 heteroatoms. The van der Waals surface area contributed by atoms with Gasteiger partial charge in [-0.15, -0.1) is 11.8 Å². The summed E-state index contributed by atoms with van der Waals surface area (Å²) in [4.78, 5) is 17.1. The molecule has 3 aromatic rings. The standard InChI is InChI=1S/C17H14N2O3S2/c1-23-14-5-2-12(3-6-14)4-7-16(20)21-10-15-18-17(19-22-15)13-8-9-24-11-13/h2-9,11H,10H2,1H3/b7-4+. The highest BCUT2D eigenvalue weighted by molar-refractivity contribution is 7.98. The number of benzene rings is 1. The number of carbonyl (C=O) groups excluding carboxylic acids is 1. The molecule has 5 nitrogen and oxygen atoms in total. The van der Waals surface area contributed by atoms with Gasteiger partial charge in [0, 0.05) is 21.9 Å². The van der Waals surface area contributed by atoms with Gasteiger partial charge >= 0.3 is 5.97 Å². The Morgan fingerprint density at radius 2 is 2.17 bits per heavy atom. The van der Waals surface area contributed by atoms with Crippen LogP contribution in [0.15, 0.2) is 56.6 Å². The highest BCUT2D eigenvalue weighted by Crippen LogP contribution is 2.19. The van der Waals surface area contributed by atoms with E-state index >= 15 is 0 Å². The summed E-state index contributed by atoms with van der Waals surface area (Å²) in [5.74, 6) is 0.299. The molecule has 0 unspecified atom stereocenters. The van der Waals surface area contributed by atoms with Crippen molar-refractivity contribution in [1.29, 1.82) is 0 Å². The number of rotatable bonds is 6. The highest BCUT2D eigenvalue weighted by atomic mass is 32.2. The summed E-state index contributed by atoms with van der Waals surface area (Å²) in [6, 6.07) is 9.79. The average Bonchev–Trinajstić information content (AvgIpc) is 3.29. The van der Waals surface area contributed by atoms with Gasteiger partial charge in [-0.2, -0.15) is 16.3 Å². The number of ether oxygens (including phenoxy) is 1. The lowest BCUT2D eigenvalue weighted by molar-refractivity contribution is -0.139. The molecule has 0 atom stereocenters. The number of aromatic nitrogens is 2. The molecule has 1 aromatic carbocycles. The van der Waals surface area contributed by atoms with Gasteiger partial charge in [0.15, 0.2) is 6.61 Å². The molecule has 2 aromatic heterocycles. The molecular formula is C17H14N2O3S2. The van der Waals surface area contributed by atoms with Crippen LogP contribution < -0.4 is 0 Å². The second-order valence-corrected chi connectivity index (χ2v) is 6.40. The van der Waals surface area contributed by atoms with Crippen molar-refractivity contribution in [2.45, 2.75) is 11.5 Å². The molecule has 0 aliphatic heterocycles. The van der Waals surface area contributed by atoms with Crippen molar-refractivity contribution in [2.75, 3.05) is 6.26 Å². The molecule has 24 heavy (non-hydrogen) atoms. The summed E-state index contributed by atoms with van der Waals surface area (Å²) in [7, 11) is 0. The van der Waals surface area contributed by atoms with E-state index < -0.39 is 5.97 Å². The average molecular weight is 358 g/mol. The Kier molecular flexibility index (Phi) is 5.45. The first-order chi connectivity index (χ1) is 11.7. The summed E-state index contributed by atoms with van der Waals surface area (Å²) in [6.07, 6.45) is 5.10. The predicted molar refractivity (Wildman–Crippen MR) is 94.7 cm³/mol. The van der Waals surface area contributed by atoms with Gasteiger partial charge in [-0.3, -0.25) is 0 Å². The summed E-state index contributed by atoms with van der Waals surface area (Å²) in [5, 5.41) is 7.71. The summed E-state index contributed by atoms with van der Waals surface area (Å²) in [6.45, 7) is -0.0499. The zero-order chi connectivity index (χ0) is 16.8. The monoisotopic (exact) mass is 358 g/mol. The van der Waals surface area contributed by atoms with E-state index in [-0.39, 0.29) is 12.5 Å². The summed E-state index contributed by atoms with van der Waals surface area (Å²) >= 11 is 3.22. The minimum Gasteiger partial charge on any atom is -0.452 e. The fourth-order valence-corrected chi connectivity index (χ4v) is 2.93. The normalized spacial score (nSPS) is 11.0. The van der Waals surface area contributed by atoms with Gasteiger partial charge in [-0.1, -0.05) is 17.3 Å². The van der Waals surface area contributed by atoms with Gasteiger partial charge in [0.05, 0.1) is 0 Å². The fraction of sp³-hybridized carbons (Fsp3) is 0.118. The molecule has 2 heterocycles. The van der Waals surface area contributed by atoms with Gasteiger partial charge in [-0.05, 0) is 41.5 Å². The van der Waals surface area contributed by atoms with E-state index in [0.717, 1.165) is 11.1 Å². The summed E-state index contributed by atoms with van der Waals surface area (Å²) < 4.78 is 10.2. The van der Waals surface area contributed by atoms with Crippen LogP contribution in [0.25, 0.3) is 17.5 Å². The molecular weight excluding hydrogens is 344 g/mol. The summed E-state index contributed by atoms with van der Waals surface area (Å²) in [5.41, 5.74) is 1.82. The number of hydrogen-bond acceptors (Lipinski definition) is 7. The molecule has 0 saturated heterocycles. The van der Waals surface area contributed by atoms with Crippen molar-refractivity contribution in [3.8, 4) is 11.4 Å².